The molecule has 1 aromatic carbocycles. The van der Waals surface area contributed by atoms with E-state index in [1.807, 2.05) is 13.0 Å². The normalized spacial score (nSPS) is 8.64. The Morgan fingerprint density at radius 3 is 2.29 bits per heavy atom. The van der Waals surface area contributed by atoms with Crippen molar-refractivity contribution in [1.29, 1.82) is 0 Å². The summed E-state index contributed by atoms with van der Waals surface area (Å²) in [6.45, 7) is 6.35. The lowest BCUT2D eigenvalue weighted by Gasteiger charge is -1.93. The highest BCUT2D eigenvalue weighted by molar-refractivity contribution is 5.18. The first-order chi connectivity index (χ1) is 6.81. The maximum atomic E-state index is 8.63. The molecule has 0 fully saturated rings. The fourth-order valence-electron chi connectivity index (χ4n) is 0.608. The predicted molar refractivity (Wildman–Crippen MR) is 55.9 cm³/mol. The Morgan fingerprint density at radius 1 is 1.29 bits per heavy atom. The van der Waals surface area contributed by atoms with E-state index in [0.717, 1.165) is 0 Å². The summed E-state index contributed by atoms with van der Waals surface area (Å²) in [7, 11) is 0. The molecule has 0 aliphatic rings. The summed E-state index contributed by atoms with van der Waals surface area (Å²) in [5.74, 6) is 0.322. The average Bonchev–Trinajstić information content (AvgIpc) is 2.21. The Bertz CT molecular complexity index is 221. The zero-order valence-corrected chi connectivity index (χ0v) is 8.35. The smallest absolute Gasteiger partial charge is 0.115 e. The third kappa shape index (κ3) is 8.77. The molecule has 1 N–H and O–H groups in total. The lowest BCUT2D eigenvalue weighted by molar-refractivity contribution is -0.282. The highest BCUT2D eigenvalue weighted by Gasteiger charge is 1.75. The largest absolute Gasteiger partial charge is 0.508 e. The van der Waals surface area contributed by atoms with Crippen molar-refractivity contribution in [2.24, 2.45) is 0 Å². The first-order valence-corrected chi connectivity index (χ1v) is 4.40. The van der Waals surface area contributed by atoms with Crippen LogP contribution >= 0.6 is 0 Å². The molecule has 0 bridgehead atoms. The molecule has 0 unspecified atom stereocenters. The minimum Gasteiger partial charge on any atom is -0.508 e. The fraction of sp³-hybridized carbons (Fsp3) is 0.273. The van der Waals surface area contributed by atoms with E-state index in [9.17, 15) is 0 Å². The lowest BCUT2D eigenvalue weighted by atomic mass is 10.3. The van der Waals surface area contributed by atoms with Crippen molar-refractivity contribution in [2.45, 2.75) is 6.92 Å². The van der Waals surface area contributed by atoms with Gasteiger partial charge in [0, 0.05) is 0 Å². The van der Waals surface area contributed by atoms with Gasteiger partial charge in [0.25, 0.3) is 0 Å². The maximum Gasteiger partial charge on any atom is 0.115 e. The van der Waals surface area contributed by atoms with Crippen LogP contribution < -0.4 is 0 Å². The Morgan fingerprint density at radius 2 is 1.93 bits per heavy atom. The van der Waals surface area contributed by atoms with Gasteiger partial charge in [0.1, 0.15) is 12.4 Å². The number of rotatable bonds is 4. The molecular weight excluding hydrogens is 180 g/mol. The van der Waals surface area contributed by atoms with Crippen LogP contribution in [0, 0.1) is 0 Å². The Hall–Kier alpha value is -1.32. The van der Waals surface area contributed by atoms with E-state index in [4.69, 9.17) is 5.11 Å². The number of hydrogen-bond acceptors (Lipinski definition) is 3. The standard InChI is InChI=1S/C6H6O.C5H10O2/c7-6-4-2-1-3-5-6;1-3-5-7-6-4-2/h1-5,7H;3H,1,4-5H2,2H3. The number of aromatic hydroxyl groups is 1. The molecule has 0 aliphatic heterocycles. The second kappa shape index (κ2) is 9.77. The summed E-state index contributed by atoms with van der Waals surface area (Å²) >= 11 is 0. The van der Waals surface area contributed by atoms with Crippen LogP contribution in [-0.2, 0) is 9.78 Å². The molecular formula is C11H16O3. The highest BCUT2D eigenvalue weighted by atomic mass is 17.2. The zero-order valence-electron chi connectivity index (χ0n) is 8.35. The summed E-state index contributed by atoms with van der Waals surface area (Å²) in [6.07, 6.45) is 1.63. The molecule has 0 heterocycles. The Labute approximate surface area is 84.5 Å². The molecule has 1 rings (SSSR count). The molecule has 78 valence electrons. The monoisotopic (exact) mass is 196 g/mol. The summed E-state index contributed by atoms with van der Waals surface area (Å²) in [6, 6.07) is 8.71. The van der Waals surface area contributed by atoms with Crippen LogP contribution in [-0.4, -0.2) is 18.3 Å². The molecule has 0 saturated carbocycles. The predicted octanol–water partition coefficient (Wildman–Crippen LogP) is 2.53. The maximum absolute atomic E-state index is 8.63. The summed E-state index contributed by atoms with van der Waals surface area (Å²) in [5.41, 5.74) is 0. The van der Waals surface area contributed by atoms with E-state index < -0.39 is 0 Å². The zero-order chi connectivity index (χ0) is 10.6. The first-order valence-electron chi connectivity index (χ1n) is 4.40. The SMILES string of the molecule is C=CCOOCC.Oc1ccccc1. The molecule has 3 heteroatoms. The van der Waals surface area contributed by atoms with Crippen molar-refractivity contribution < 1.29 is 14.9 Å². The molecule has 0 spiro atoms. The van der Waals surface area contributed by atoms with Crippen LogP contribution in [0.4, 0.5) is 0 Å². The average molecular weight is 196 g/mol. The lowest BCUT2D eigenvalue weighted by Crippen LogP contribution is -1.91. The topological polar surface area (TPSA) is 38.7 Å². The molecule has 0 radical (unpaired) electrons. The minimum atomic E-state index is 0.322. The third-order valence-electron chi connectivity index (χ3n) is 1.14. The summed E-state index contributed by atoms with van der Waals surface area (Å²) in [5, 5.41) is 8.63. The van der Waals surface area contributed by atoms with Crippen LogP contribution in [0.2, 0.25) is 0 Å². The van der Waals surface area contributed by atoms with E-state index >= 15 is 0 Å². The first kappa shape index (κ1) is 12.7. The quantitative estimate of drug-likeness (QED) is 0.348. The van der Waals surface area contributed by atoms with E-state index in [0.29, 0.717) is 19.0 Å². The van der Waals surface area contributed by atoms with E-state index in [1.165, 1.54) is 0 Å². The van der Waals surface area contributed by atoms with Crippen molar-refractivity contribution in [3.8, 4) is 5.75 Å². The van der Waals surface area contributed by atoms with Gasteiger partial charge in [-0.25, -0.2) is 9.78 Å². The van der Waals surface area contributed by atoms with Crippen molar-refractivity contribution in [2.75, 3.05) is 13.2 Å². The van der Waals surface area contributed by atoms with Gasteiger partial charge in [-0.15, -0.1) is 6.58 Å². The Kier molecular flexibility index (Phi) is 8.84. The van der Waals surface area contributed by atoms with Gasteiger partial charge in [0.2, 0.25) is 0 Å². The molecule has 3 nitrogen and oxygen atoms in total. The number of para-hydroxylation sites is 1. The summed E-state index contributed by atoms with van der Waals surface area (Å²) in [4.78, 5) is 9.02. The molecule has 14 heavy (non-hydrogen) atoms. The molecule has 0 amide bonds. The molecule has 0 aliphatic carbocycles. The van der Waals surface area contributed by atoms with Crippen LogP contribution in [0.15, 0.2) is 43.0 Å². The number of phenolic OH excluding ortho intramolecular Hbond substituents is 1. The number of hydrogen-bond donors (Lipinski definition) is 1. The summed E-state index contributed by atoms with van der Waals surface area (Å²) < 4.78 is 0. The molecule has 0 saturated heterocycles. The van der Waals surface area contributed by atoms with Gasteiger partial charge in [-0.2, -0.15) is 0 Å². The fourth-order valence-corrected chi connectivity index (χ4v) is 0.608. The van der Waals surface area contributed by atoms with Gasteiger partial charge >= 0.3 is 0 Å². The van der Waals surface area contributed by atoms with Crippen molar-refractivity contribution in [3.63, 3.8) is 0 Å². The van der Waals surface area contributed by atoms with Crippen molar-refractivity contribution in [3.05, 3.63) is 43.0 Å². The van der Waals surface area contributed by atoms with Gasteiger partial charge in [0.15, 0.2) is 0 Å². The van der Waals surface area contributed by atoms with Gasteiger partial charge in [-0.1, -0.05) is 24.3 Å². The van der Waals surface area contributed by atoms with Gasteiger partial charge in [0.05, 0.1) is 6.61 Å². The van der Waals surface area contributed by atoms with Crippen LogP contribution in [0.3, 0.4) is 0 Å². The molecule has 1 aromatic rings. The van der Waals surface area contributed by atoms with Crippen LogP contribution in [0.25, 0.3) is 0 Å². The minimum absolute atomic E-state index is 0.322. The van der Waals surface area contributed by atoms with Crippen molar-refractivity contribution in [1.82, 2.24) is 0 Å². The van der Waals surface area contributed by atoms with E-state index in [2.05, 4.69) is 16.4 Å². The van der Waals surface area contributed by atoms with Crippen LogP contribution in [0.1, 0.15) is 6.92 Å². The van der Waals surface area contributed by atoms with E-state index in [1.54, 1.807) is 30.3 Å². The molecule has 0 atom stereocenters. The Balaban J connectivity index is 0.000000241. The second-order valence-corrected chi connectivity index (χ2v) is 2.32. The number of benzene rings is 1. The van der Waals surface area contributed by atoms with Gasteiger partial charge in [-0.3, -0.25) is 0 Å². The van der Waals surface area contributed by atoms with Gasteiger partial charge < -0.3 is 5.11 Å². The second-order valence-electron chi connectivity index (χ2n) is 2.32. The van der Waals surface area contributed by atoms with E-state index in [-0.39, 0.29) is 0 Å². The third-order valence-corrected chi connectivity index (χ3v) is 1.14. The highest BCUT2D eigenvalue weighted by Crippen LogP contribution is 2.02. The van der Waals surface area contributed by atoms with Crippen LogP contribution in [0.5, 0.6) is 5.75 Å². The van der Waals surface area contributed by atoms with Gasteiger partial charge in [-0.05, 0) is 19.1 Å². The molecule has 0 aromatic heterocycles. The van der Waals surface area contributed by atoms with Crippen molar-refractivity contribution >= 4 is 0 Å². The number of phenols is 1.